The van der Waals surface area contributed by atoms with Gasteiger partial charge in [0, 0.05) is 42.7 Å². The molecule has 0 spiro atoms. The van der Waals surface area contributed by atoms with E-state index in [1.165, 1.54) is 12.1 Å². The first kappa shape index (κ1) is 14.9. The lowest BCUT2D eigenvalue weighted by molar-refractivity contribution is -0.384. The van der Waals surface area contributed by atoms with E-state index in [2.05, 4.69) is 15.6 Å². The van der Waals surface area contributed by atoms with Gasteiger partial charge in [-0.15, -0.1) is 0 Å². The third-order valence-corrected chi connectivity index (χ3v) is 2.98. The van der Waals surface area contributed by atoms with Crippen LogP contribution in [0.3, 0.4) is 0 Å². The lowest BCUT2D eigenvalue weighted by Gasteiger charge is -2.10. The summed E-state index contributed by atoms with van der Waals surface area (Å²) < 4.78 is 0. The molecule has 0 unspecified atom stereocenters. The molecule has 1 heterocycles. The Hall–Kier alpha value is -2.54. The van der Waals surface area contributed by atoms with Crippen molar-refractivity contribution in [2.24, 2.45) is 0 Å². The van der Waals surface area contributed by atoms with Crippen molar-refractivity contribution in [3.8, 4) is 0 Å². The molecule has 0 aliphatic carbocycles. The van der Waals surface area contributed by atoms with E-state index in [0.29, 0.717) is 17.3 Å². The number of pyridine rings is 1. The summed E-state index contributed by atoms with van der Waals surface area (Å²) in [5, 5.41) is 17.1. The van der Waals surface area contributed by atoms with E-state index in [4.69, 9.17) is 12.2 Å². The molecule has 6 nitrogen and oxygen atoms in total. The Morgan fingerprint density at radius 2 is 2.00 bits per heavy atom. The number of nitro groups is 1. The van der Waals surface area contributed by atoms with Crippen LogP contribution >= 0.6 is 12.2 Å². The topological polar surface area (TPSA) is 80.1 Å². The molecule has 0 aliphatic heterocycles. The summed E-state index contributed by atoms with van der Waals surface area (Å²) in [6, 6.07) is 11.9. The quantitative estimate of drug-likeness (QED) is 0.502. The predicted molar refractivity (Wildman–Crippen MR) is 85.3 cm³/mol. The molecule has 0 atom stereocenters. The Balaban J connectivity index is 1.78. The molecular weight excluding hydrogens is 288 g/mol. The van der Waals surface area contributed by atoms with E-state index in [1.807, 2.05) is 18.2 Å². The van der Waals surface area contributed by atoms with Gasteiger partial charge in [-0.3, -0.25) is 15.1 Å². The zero-order valence-corrected chi connectivity index (χ0v) is 12.0. The molecule has 0 bridgehead atoms. The Bertz CT molecular complexity index is 617. The van der Waals surface area contributed by atoms with Gasteiger partial charge in [0.05, 0.1) is 4.92 Å². The molecule has 21 heavy (non-hydrogen) atoms. The average molecular weight is 302 g/mol. The Morgan fingerprint density at radius 3 is 2.62 bits per heavy atom. The molecule has 1 aromatic carbocycles. The van der Waals surface area contributed by atoms with Crippen LogP contribution in [0.5, 0.6) is 0 Å². The van der Waals surface area contributed by atoms with Crippen molar-refractivity contribution in [1.82, 2.24) is 10.3 Å². The summed E-state index contributed by atoms with van der Waals surface area (Å²) in [5.74, 6) is 0. The molecule has 2 N–H and O–H groups in total. The highest BCUT2D eigenvalue weighted by Crippen LogP contribution is 2.15. The summed E-state index contributed by atoms with van der Waals surface area (Å²) >= 11 is 5.16. The lowest BCUT2D eigenvalue weighted by Crippen LogP contribution is -2.30. The summed E-state index contributed by atoms with van der Waals surface area (Å²) in [6.07, 6.45) is 2.52. The van der Waals surface area contributed by atoms with Gasteiger partial charge in [0.15, 0.2) is 5.11 Å². The van der Waals surface area contributed by atoms with Crippen LogP contribution in [0.25, 0.3) is 0 Å². The monoisotopic (exact) mass is 302 g/mol. The maximum Gasteiger partial charge on any atom is 0.269 e. The number of hydrogen-bond donors (Lipinski definition) is 2. The van der Waals surface area contributed by atoms with E-state index < -0.39 is 4.92 Å². The van der Waals surface area contributed by atoms with Crippen molar-refractivity contribution in [3.63, 3.8) is 0 Å². The molecule has 0 aliphatic rings. The minimum absolute atomic E-state index is 0.0505. The number of rotatable bonds is 5. The fourth-order valence-electron chi connectivity index (χ4n) is 1.69. The maximum absolute atomic E-state index is 10.6. The number of nitrogens with zero attached hydrogens (tertiary/aromatic N) is 2. The second-order valence-corrected chi connectivity index (χ2v) is 4.66. The minimum atomic E-state index is -0.437. The maximum atomic E-state index is 10.6. The van der Waals surface area contributed by atoms with Gasteiger partial charge < -0.3 is 10.6 Å². The zero-order chi connectivity index (χ0) is 15.1. The number of nitro benzene ring substituents is 1. The van der Waals surface area contributed by atoms with E-state index in [0.717, 1.165) is 12.1 Å². The van der Waals surface area contributed by atoms with Crippen molar-refractivity contribution in [2.75, 3.05) is 11.9 Å². The van der Waals surface area contributed by atoms with Crippen LogP contribution in [0.15, 0.2) is 48.7 Å². The average Bonchev–Trinajstić information content (AvgIpc) is 2.49. The predicted octanol–water partition coefficient (Wildman–Crippen LogP) is 2.52. The summed E-state index contributed by atoms with van der Waals surface area (Å²) in [6.45, 7) is 0.663. The van der Waals surface area contributed by atoms with Crippen LogP contribution in [0.2, 0.25) is 0 Å². The molecular formula is C14H14N4O2S. The summed E-state index contributed by atoms with van der Waals surface area (Å²) in [4.78, 5) is 14.3. The van der Waals surface area contributed by atoms with Gasteiger partial charge in [-0.25, -0.2) is 0 Å². The van der Waals surface area contributed by atoms with E-state index in [-0.39, 0.29) is 5.69 Å². The van der Waals surface area contributed by atoms with Crippen LogP contribution in [-0.2, 0) is 6.42 Å². The molecule has 1 aromatic heterocycles. The molecule has 0 fully saturated rings. The fourth-order valence-corrected chi connectivity index (χ4v) is 1.91. The molecule has 7 heteroatoms. The van der Waals surface area contributed by atoms with Gasteiger partial charge in [0.1, 0.15) is 0 Å². The number of thiocarbonyl (C=S) groups is 1. The molecule has 0 saturated heterocycles. The normalized spacial score (nSPS) is 9.90. The first-order valence-corrected chi connectivity index (χ1v) is 6.75. The van der Waals surface area contributed by atoms with Gasteiger partial charge in [0.25, 0.3) is 5.69 Å². The number of nitrogens with one attached hydrogen (secondary N) is 2. The lowest BCUT2D eigenvalue weighted by atomic mass is 10.3. The highest BCUT2D eigenvalue weighted by molar-refractivity contribution is 7.80. The number of aromatic nitrogens is 1. The Kier molecular flexibility index (Phi) is 5.16. The summed E-state index contributed by atoms with van der Waals surface area (Å²) in [7, 11) is 0. The van der Waals surface area contributed by atoms with Crippen molar-refractivity contribution in [3.05, 3.63) is 64.5 Å². The highest BCUT2D eigenvalue weighted by atomic mass is 32.1. The number of hydrogen-bond acceptors (Lipinski definition) is 4. The van der Waals surface area contributed by atoms with Gasteiger partial charge in [0.2, 0.25) is 0 Å². The molecule has 0 amide bonds. The Labute approximate surface area is 127 Å². The van der Waals surface area contributed by atoms with Gasteiger partial charge in [-0.05, 0) is 36.5 Å². The van der Waals surface area contributed by atoms with Gasteiger partial charge >= 0.3 is 0 Å². The zero-order valence-electron chi connectivity index (χ0n) is 11.2. The molecule has 0 saturated carbocycles. The van der Waals surface area contributed by atoms with Gasteiger partial charge in [-0.1, -0.05) is 6.07 Å². The number of non-ortho nitro benzene ring substituents is 1. The van der Waals surface area contributed by atoms with Crippen LogP contribution in [0.4, 0.5) is 11.4 Å². The number of benzene rings is 1. The van der Waals surface area contributed by atoms with E-state index in [1.54, 1.807) is 18.3 Å². The van der Waals surface area contributed by atoms with Crippen molar-refractivity contribution in [2.45, 2.75) is 6.42 Å². The first-order chi connectivity index (χ1) is 10.1. The third kappa shape index (κ3) is 4.81. The largest absolute Gasteiger partial charge is 0.362 e. The second-order valence-electron chi connectivity index (χ2n) is 4.26. The van der Waals surface area contributed by atoms with Crippen molar-refractivity contribution in [1.29, 1.82) is 0 Å². The molecule has 2 rings (SSSR count). The van der Waals surface area contributed by atoms with Crippen LogP contribution in [0, 0.1) is 10.1 Å². The minimum Gasteiger partial charge on any atom is -0.362 e. The van der Waals surface area contributed by atoms with E-state index >= 15 is 0 Å². The molecule has 2 aromatic rings. The van der Waals surface area contributed by atoms with Crippen molar-refractivity contribution < 1.29 is 4.92 Å². The summed E-state index contributed by atoms with van der Waals surface area (Å²) in [5.41, 5.74) is 1.74. The van der Waals surface area contributed by atoms with E-state index in [9.17, 15) is 10.1 Å². The highest BCUT2D eigenvalue weighted by Gasteiger charge is 2.04. The fraction of sp³-hybridized carbons (Fsp3) is 0.143. The van der Waals surface area contributed by atoms with Gasteiger partial charge in [-0.2, -0.15) is 0 Å². The standard InChI is InChI=1S/C14H14N4O2S/c19-18(20)13-6-4-12(5-7-13)17-14(21)16-10-8-11-3-1-2-9-15-11/h1-7,9H,8,10H2,(H2,16,17,21). The van der Waals surface area contributed by atoms with Crippen molar-refractivity contribution >= 4 is 28.7 Å². The second kappa shape index (κ2) is 7.30. The first-order valence-electron chi connectivity index (χ1n) is 6.34. The van der Waals surface area contributed by atoms with Crippen LogP contribution in [0.1, 0.15) is 5.69 Å². The Morgan fingerprint density at radius 1 is 1.24 bits per heavy atom. The SMILES string of the molecule is O=[N+]([O-])c1ccc(NC(=S)NCCc2ccccn2)cc1. The smallest absolute Gasteiger partial charge is 0.269 e. The molecule has 108 valence electrons. The van der Waals surface area contributed by atoms with Crippen LogP contribution < -0.4 is 10.6 Å². The molecule has 0 radical (unpaired) electrons. The van der Waals surface area contributed by atoms with Crippen LogP contribution in [-0.4, -0.2) is 21.6 Å². The third-order valence-electron chi connectivity index (χ3n) is 2.73. The number of anilines is 1.